The number of nitrogens with zero attached hydrogens (tertiary/aromatic N) is 1. The van der Waals surface area contributed by atoms with Crippen molar-refractivity contribution in [3.8, 4) is 0 Å². The first-order valence-corrected chi connectivity index (χ1v) is 6.24. The standard InChI is InChI=1S/C12H22N2O/c1-3-14(8-10-5-4-6-13-10)12(15)11-7-9(11)2/h9-11,13H,3-8H2,1-2H3. The van der Waals surface area contributed by atoms with Gasteiger partial charge < -0.3 is 10.2 Å². The highest BCUT2D eigenvalue weighted by atomic mass is 16.2. The number of hydrogen-bond acceptors (Lipinski definition) is 2. The van der Waals surface area contributed by atoms with Gasteiger partial charge in [-0.25, -0.2) is 0 Å². The van der Waals surface area contributed by atoms with Gasteiger partial charge >= 0.3 is 0 Å². The number of carbonyl (C=O) groups is 1. The number of likely N-dealkylation sites (N-methyl/N-ethyl adjacent to an activating group) is 1. The van der Waals surface area contributed by atoms with E-state index < -0.39 is 0 Å². The third-order valence-corrected chi connectivity index (χ3v) is 3.72. The maximum atomic E-state index is 12.0. The maximum absolute atomic E-state index is 12.0. The van der Waals surface area contributed by atoms with Crippen LogP contribution in [0, 0.1) is 11.8 Å². The van der Waals surface area contributed by atoms with E-state index in [1.165, 1.54) is 12.8 Å². The molecular formula is C12H22N2O. The van der Waals surface area contributed by atoms with Crippen LogP contribution in [0.1, 0.15) is 33.1 Å². The summed E-state index contributed by atoms with van der Waals surface area (Å²) in [5, 5.41) is 3.45. The van der Waals surface area contributed by atoms with E-state index >= 15 is 0 Å². The molecule has 3 atom stereocenters. The number of nitrogens with one attached hydrogen (secondary N) is 1. The van der Waals surface area contributed by atoms with Crippen molar-refractivity contribution >= 4 is 5.91 Å². The van der Waals surface area contributed by atoms with Gasteiger partial charge in [-0.15, -0.1) is 0 Å². The summed E-state index contributed by atoms with van der Waals surface area (Å²) < 4.78 is 0. The second-order valence-corrected chi connectivity index (χ2v) is 4.99. The molecule has 0 aromatic rings. The van der Waals surface area contributed by atoms with Gasteiger partial charge in [0.25, 0.3) is 0 Å². The van der Waals surface area contributed by atoms with E-state index in [-0.39, 0.29) is 0 Å². The highest BCUT2D eigenvalue weighted by molar-refractivity contribution is 5.81. The van der Waals surface area contributed by atoms with Gasteiger partial charge in [0.05, 0.1) is 0 Å². The van der Waals surface area contributed by atoms with Crippen LogP contribution in [0.5, 0.6) is 0 Å². The molecule has 1 saturated carbocycles. The third-order valence-electron chi connectivity index (χ3n) is 3.72. The minimum atomic E-state index is 0.339. The molecule has 0 spiro atoms. The van der Waals surface area contributed by atoms with Gasteiger partial charge in [0.15, 0.2) is 0 Å². The molecule has 2 aliphatic rings. The summed E-state index contributed by atoms with van der Waals surface area (Å²) in [6.45, 7) is 7.15. The van der Waals surface area contributed by atoms with Crippen LogP contribution in [0.3, 0.4) is 0 Å². The molecule has 1 N–H and O–H groups in total. The smallest absolute Gasteiger partial charge is 0.226 e. The quantitative estimate of drug-likeness (QED) is 0.757. The van der Waals surface area contributed by atoms with Crippen molar-refractivity contribution in [2.75, 3.05) is 19.6 Å². The van der Waals surface area contributed by atoms with Crippen molar-refractivity contribution in [3.63, 3.8) is 0 Å². The number of amides is 1. The molecule has 1 aliphatic carbocycles. The Bertz CT molecular complexity index is 236. The monoisotopic (exact) mass is 210 g/mol. The number of hydrogen-bond donors (Lipinski definition) is 1. The van der Waals surface area contributed by atoms with Crippen molar-refractivity contribution in [1.82, 2.24) is 10.2 Å². The molecular weight excluding hydrogens is 188 g/mol. The van der Waals surface area contributed by atoms with Gasteiger partial charge in [-0.2, -0.15) is 0 Å². The lowest BCUT2D eigenvalue weighted by Crippen LogP contribution is -2.41. The second kappa shape index (κ2) is 4.52. The molecule has 1 aliphatic heterocycles. The van der Waals surface area contributed by atoms with Crippen LogP contribution < -0.4 is 5.32 Å². The Morgan fingerprint density at radius 1 is 1.53 bits per heavy atom. The summed E-state index contributed by atoms with van der Waals surface area (Å²) in [6, 6.07) is 0.544. The van der Waals surface area contributed by atoms with Crippen molar-refractivity contribution < 1.29 is 4.79 Å². The molecule has 1 amide bonds. The Kier molecular flexibility index (Phi) is 3.29. The zero-order valence-corrected chi connectivity index (χ0v) is 9.83. The van der Waals surface area contributed by atoms with Crippen molar-refractivity contribution in [2.24, 2.45) is 11.8 Å². The molecule has 1 saturated heterocycles. The molecule has 0 aromatic heterocycles. The first-order chi connectivity index (χ1) is 7.22. The van der Waals surface area contributed by atoms with E-state index in [1.807, 2.05) is 4.90 Å². The molecule has 3 heteroatoms. The zero-order valence-electron chi connectivity index (χ0n) is 9.83. The summed E-state index contributed by atoms with van der Waals surface area (Å²) in [6.07, 6.45) is 3.59. The van der Waals surface area contributed by atoms with Gasteiger partial charge in [0, 0.05) is 25.0 Å². The summed E-state index contributed by atoms with van der Waals surface area (Å²) in [7, 11) is 0. The number of carbonyl (C=O) groups excluding carboxylic acids is 1. The van der Waals surface area contributed by atoms with Gasteiger partial charge in [0.1, 0.15) is 0 Å². The lowest BCUT2D eigenvalue weighted by Gasteiger charge is -2.24. The van der Waals surface area contributed by atoms with E-state index in [1.54, 1.807) is 0 Å². The summed E-state index contributed by atoms with van der Waals surface area (Å²) >= 11 is 0. The highest BCUT2D eigenvalue weighted by Crippen LogP contribution is 2.39. The van der Waals surface area contributed by atoms with Gasteiger partial charge in [-0.1, -0.05) is 6.92 Å². The van der Waals surface area contributed by atoms with E-state index in [4.69, 9.17) is 0 Å². The van der Waals surface area contributed by atoms with E-state index in [0.717, 1.165) is 26.1 Å². The molecule has 0 radical (unpaired) electrons. The third kappa shape index (κ3) is 2.51. The van der Waals surface area contributed by atoms with Crippen molar-refractivity contribution in [1.29, 1.82) is 0 Å². The van der Waals surface area contributed by atoms with E-state index in [0.29, 0.717) is 23.8 Å². The Morgan fingerprint density at radius 3 is 2.73 bits per heavy atom. The molecule has 2 fully saturated rings. The highest BCUT2D eigenvalue weighted by Gasteiger charge is 2.41. The molecule has 15 heavy (non-hydrogen) atoms. The normalized spacial score (nSPS) is 34.1. The Labute approximate surface area is 92.2 Å². The van der Waals surface area contributed by atoms with Gasteiger partial charge in [-0.3, -0.25) is 4.79 Å². The van der Waals surface area contributed by atoms with Crippen LogP contribution >= 0.6 is 0 Å². The average Bonchev–Trinajstić information content (AvgIpc) is 2.77. The van der Waals surface area contributed by atoms with E-state index in [9.17, 15) is 4.79 Å². The predicted molar refractivity (Wildman–Crippen MR) is 60.5 cm³/mol. The fourth-order valence-corrected chi connectivity index (χ4v) is 2.45. The molecule has 1 heterocycles. The Balaban J connectivity index is 1.83. The molecule has 2 rings (SSSR count). The molecule has 3 nitrogen and oxygen atoms in total. The first-order valence-electron chi connectivity index (χ1n) is 6.24. The fraction of sp³-hybridized carbons (Fsp3) is 0.917. The molecule has 3 unspecified atom stereocenters. The van der Waals surface area contributed by atoms with Crippen LogP contribution in [0.25, 0.3) is 0 Å². The van der Waals surface area contributed by atoms with Crippen LogP contribution in [-0.2, 0) is 4.79 Å². The van der Waals surface area contributed by atoms with Crippen LogP contribution in [0.4, 0.5) is 0 Å². The van der Waals surface area contributed by atoms with Crippen molar-refractivity contribution in [2.45, 2.75) is 39.2 Å². The lowest BCUT2D eigenvalue weighted by molar-refractivity contribution is -0.133. The minimum absolute atomic E-state index is 0.339. The van der Waals surface area contributed by atoms with Gasteiger partial charge in [0.2, 0.25) is 5.91 Å². The van der Waals surface area contributed by atoms with Crippen LogP contribution in [-0.4, -0.2) is 36.5 Å². The second-order valence-electron chi connectivity index (χ2n) is 4.99. The minimum Gasteiger partial charge on any atom is -0.341 e. The fourth-order valence-electron chi connectivity index (χ4n) is 2.45. The SMILES string of the molecule is CCN(CC1CCCN1)C(=O)C1CC1C. The summed E-state index contributed by atoms with van der Waals surface area (Å²) in [5.41, 5.74) is 0. The molecule has 86 valence electrons. The molecule has 0 bridgehead atoms. The number of rotatable bonds is 4. The van der Waals surface area contributed by atoms with Gasteiger partial charge in [-0.05, 0) is 38.6 Å². The average molecular weight is 210 g/mol. The maximum Gasteiger partial charge on any atom is 0.226 e. The predicted octanol–water partition coefficient (Wildman–Crippen LogP) is 1.24. The topological polar surface area (TPSA) is 32.3 Å². The first kappa shape index (κ1) is 10.9. The van der Waals surface area contributed by atoms with Crippen molar-refractivity contribution in [3.05, 3.63) is 0 Å². The Hall–Kier alpha value is -0.570. The Morgan fingerprint density at radius 2 is 2.27 bits per heavy atom. The largest absolute Gasteiger partial charge is 0.341 e. The molecule has 0 aromatic carbocycles. The summed E-state index contributed by atoms with van der Waals surface area (Å²) in [4.78, 5) is 14.1. The summed E-state index contributed by atoms with van der Waals surface area (Å²) in [5.74, 6) is 1.35. The van der Waals surface area contributed by atoms with E-state index in [2.05, 4.69) is 19.2 Å². The van der Waals surface area contributed by atoms with Crippen LogP contribution in [0.15, 0.2) is 0 Å². The van der Waals surface area contributed by atoms with Crippen LogP contribution in [0.2, 0.25) is 0 Å². The lowest BCUT2D eigenvalue weighted by atomic mass is 10.2. The zero-order chi connectivity index (χ0) is 10.8.